The molecule has 2 rings (SSSR count). The Kier molecular flexibility index (Phi) is 6.52. The lowest BCUT2D eigenvalue weighted by Crippen LogP contribution is -2.39. The van der Waals surface area contributed by atoms with Crippen LogP contribution in [-0.2, 0) is 6.42 Å². The summed E-state index contributed by atoms with van der Waals surface area (Å²) in [6.45, 7) is 5.42. The van der Waals surface area contributed by atoms with Gasteiger partial charge in [-0.3, -0.25) is 0 Å². The third-order valence-corrected chi connectivity index (χ3v) is 4.43. The Bertz CT molecular complexity index is 396. The monoisotopic (exact) mass is 291 g/mol. The van der Waals surface area contributed by atoms with Crippen molar-refractivity contribution in [1.82, 2.24) is 5.32 Å². The lowest BCUT2D eigenvalue weighted by atomic mass is 9.87. The smallest absolute Gasteiger partial charge is 0.119 e. The summed E-state index contributed by atoms with van der Waals surface area (Å²) in [5, 5.41) is 13.5. The van der Waals surface area contributed by atoms with Gasteiger partial charge in [-0.15, -0.1) is 0 Å². The molecule has 0 amide bonds. The first-order valence-corrected chi connectivity index (χ1v) is 8.30. The summed E-state index contributed by atoms with van der Waals surface area (Å²) in [4.78, 5) is 0. The molecule has 0 bridgehead atoms. The number of ether oxygens (including phenoxy) is 1. The molecule has 0 radical (unpaired) electrons. The van der Waals surface area contributed by atoms with Crippen molar-refractivity contribution < 1.29 is 9.84 Å². The summed E-state index contributed by atoms with van der Waals surface area (Å²) < 4.78 is 5.63. The fourth-order valence-corrected chi connectivity index (χ4v) is 2.84. The highest BCUT2D eigenvalue weighted by Crippen LogP contribution is 2.23. The summed E-state index contributed by atoms with van der Waals surface area (Å²) in [5.74, 6) is 1.69. The van der Waals surface area contributed by atoms with Crippen LogP contribution < -0.4 is 10.1 Å². The van der Waals surface area contributed by atoms with Gasteiger partial charge in [-0.05, 0) is 55.7 Å². The standard InChI is InChI=1S/C18H29NO2/c1-3-15-6-10-18(11-7-15)21-13-17(20)12-19-16-8-4-14(2)5-9-16/h6-7,10-11,14,16-17,19-20H,3-5,8-9,12-13H2,1-2H3. The summed E-state index contributed by atoms with van der Waals surface area (Å²) in [6.07, 6.45) is 5.64. The van der Waals surface area contributed by atoms with Crippen LogP contribution in [0.4, 0.5) is 0 Å². The molecule has 21 heavy (non-hydrogen) atoms. The molecule has 1 fully saturated rings. The van der Waals surface area contributed by atoms with Gasteiger partial charge in [0.1, 0.15) is 18.5 Å². The van der Waals surface area contributed by atoms with E-state index in [-0.39, 0.29) is 0 Å². The van der Waals surface area contributed by atoms with Crippen molar-refractivity contribution in [2.24, 2.45) is 5.92 Å². The zero-order chi connectivity index (χ0) is 15.1. The number of aliphatic hydroxyl groups excluding tert-OH is 1. The van der Waals surface area contributed by atoms with Crippen molar-refractivity contribution in [3.05, 3.63) is 29.8 Å². The Morgan fingerprint density at radius 3 is 2.48 bits per heavy atom. The van der Waals surface area contributed by atoms with E-state index in [1.807, 2.05) is 12.1 Å². The van der Waals surface area contributed by atoms with E-state index in [4.69, 9.17) is 4.74 Å². The van der Waals surface area contributed by atoms with E-state index in [0.29, 0.717) is 19.2 Å². The second-order valence-electron chi connectivity index (χ2n) is 6.33. The molecule has 3 heteroatoms. The largest absolute Gasteiger partial charge is 0.491 e. The lowest BCUT2D eigenvalue weighted by molar-refractivity contribution is 0.101. The van der Waals surface area contributed by atoms with E-state index in [0.717, 1.165) is 18.1 Å². The van der Waals surface area contributed by atoms with Gasteiger partial charge in [-0.1, -0.05) is 26.0 Å². The Balaban J connectivity index is 1.63. The molecular weight excluding hydrogens is 262 g/mol. The molecule has 0 aliphatic heterocycles. The van der Waals surface area contributed by atoms with Gasteiger partial charge in [0.15, 0.2) is 0 Å². The van der Waals surface area contributed by atoms with Gasteiger partial charge in [0, 0.05) is 12.6 Å². The SMILES string of the molecule is CCc1ccc(OCC(O)CNC2CCC(C)CC2)cc1. The van der Waals surface area contributed by atoms with Crippen molar-refractivity contribution in [3.63, 3.8) is 0 Å². The Labute approximate surface area is 128 Å². The molecule has 3 nitrogen and oxygen atoms in total. The van der Waals surface area contributed by atoms with E-state index < -0.39 is 6.10 Å². The minimum atomic E-state index is -0.449. The molecule has 0 aromatic heterocycles. The van der Waals surface area contributed by atoms with E-state index in [9.17, 15) is 5.11 Å². The summed E-state index contributed by atoms with van der Waals surface area (Å²) in [6, 6.07) is 8.66. The highest BCUT2D eigenvalue weighted by Gasteiger charge is 2.18. The van der Waals surface area contributed by atoms with Crippen LogP contribution in [0.5, 0.6) is 5.75 Å². The van der Waals surface area contributed by atoms with Crippen LogP contribution in [0.25, 0.3) is 0 Å². The average Bonchev–Trinajstić information content (AvgIpc) is 2.53. The highest BCUT2D eigenvalue weighted by molar-refractivity contribution is 5.27. The molecule has 0 spiro atoms. The molecule has 1 atom stereocenters. The van der Waals surface area contributed by atoms with Crippen LogP contribution in [0.3, 0.4) is 0 Å². The van der Waals surface area contributed by atoms with Gasteiger partial charge in [0.25, 0.3) is 0 Å². The number of nitrogens with one attached hydrogen (secondary N) is 1. The molecule has 1 aliphatic carbocycles. The number of benzene rings is 1. The number of aryl methyl sites for hydroxylation is 1. The summed E-state index contributed by atoms with van der Waals surface area (Å²) >= 11 is 0. The highest BCUT2D eigenvalue weighted by atomic mass is 16.5. The van der Waals surface area contributed by atoms with E-state index >= 15 is 0 Å². The molecule has 1 saturated carbocycles. The minimum absolute atomic E-state index is 0.349. The number of hydrogen-bond donors (Lipinski definition) is 2. The molecule has 1 aliphatic rings. The van der Waals surface area contributed by atoms with Crippen LogP contribution in [0.1, 0.15) is 45.1 Å². The zero-order valence-corrected chi connectivity index (χ0v) is 13.3. The third kappa shape index (κ3) is 5.68. The fraction of sp³-hybridized carbons (Fsp3) is 0.667. The number of rotatable bonds is 7. The van der Waals surface area contributed by atoms with Gasteiger partial charge < -0.3 is 15.2 Å². The van der Waals surface area contributed by atoms with Gasteiger partial charge in [0.05, 0.1) is 0 Å². The molecule has 0 saturated heterocycles. The summed E-state index contributed by atoms with van der Waals surface area (Å²) in [5.41, 5.74) is 1.30. The topological polar surface area (TPSA) is 41.5 Å². The Morgan fingerprint density at radius 2 is 1.86 bits per heavy atom. The Morgan fingerprint density at radius 1 is 1.19 bits per heavy atom. The first-order chi connectivity index (χ1) is 10.2. The maximum Gasteiger partial charge on any atom is 0.119 e. The molecule has 0 heterocycles. The van der Waals surface area contributed by atoms with Crippen molar-refractivity contribution in [2.75, 3.05) is 13.2 Å². The van der Waals surface area contributed by atoms with Crippen LogP contribution in [0.2, 0.25) is 0 Å². The summed E-state index contributed by atoms with van der Waals surface area (Å²) in [7, 11) is 0. The van der Waals surface area contributed by atoms with E-state index in [2.05, 4.69) is 31.3 Å². The van der Waals surface area contributed by atoms with Crippen LogP contribution >= 0.6 is 0 Å². The number of hydrogen-bond acceptors (Lipinski definition) is 3. The lowest BCUT2D eigenvalue weighted by Gasteiger charge is -2.27. The quantitative estimate of drug-likeness (QED) is 0.811. The minimum Gasteiger partial charge on any atom is -0.491 e. The number of aliphatic hydroxyl groups is 1. The first kappa shape index (κ1) is 16.3. The first-order valence-electron chi connectivity index (χ1n) is 8.30. The van der Waals surface area contributed by atoms with E-state index in [1.165, 1.54) is 31.2 Å². The van der Waals surface area contributed by atoms with Gasteiger partial charge >= 0.3 is 0 Å². The zero-order valence-electron chi connectivity index (χ0n) is 13.3. The maximum atomic E-state index is 10.0. The average molecular weight is 291 g/mol. The molecule has 2 N–H and O–H groups in total. The normalized spacial score (nSPS) is 23.8. The molecule has 118 valence electrons. The molecule has 1 unspecified atom stereocenters. The van der Waals surface area contributed by atoms with Gasteiger partial charge in [-0.25, -0.2) is 0 Å². The predicted octanol–water partition coefficient (Wildman–Crippen LogP) is 3.16. The van der Waals surface area contributed by atoms with Crippen molar-refractivity contribution >= 4 is 0 Å². The van der Waals surface area contributed by atoms with Gasteiger partial charge in [0.2, 0.25) is 0 Å². The predicted molar refractivity (Wildman–Crippen MR) is 86.7 cm³/mol. The van der Waals surface area contributed by atoms with Crippen molar-refractivity contribution in [1.29, 1.82) is 0 Å². The second kappa shape index (κ2) is 8.40. The van der Waals surface area contributed by atoms with Crippen LogP contribution in [0.15, 0.2) is 24.3 Å². The maximum absolute atomic E-state index is 10.0. The third-order valence-electron chi connectivity index (χ3n) is 4.43. The van der Waals surface area contributed by atoms with Crippen LogP contribution in [0, 0.1) is 5.92 Å². The van der Waals surface area contributed by atoms with E-state index in [1.54, 1.807) is 0 Å². The second-order valence-corrected chi connectivity index (χ2v) is 6.33. The molecule has 1 aromatic carbocycles. The van der Waals surface area contributed by atoms with Crippen molar-refractivity contribution in [3.8, 4) is 5.75 Å². The van der Waals surface area contributed by atoms with Crippen molar-refractivity contribution in [2.45, 2.75) is 58.1 Å². The van der Waals surface area contributed by atoms with Gasteiger partial charge in [-0.2, -0.15) is 0 Å². The molecule has 1 aromatic rings. The Hall–Kier alpha value is -1.06. The fourth-order valence-electron chi connectivity index (χ4n) is 2.84. The molecular formula is C18H29NO2. The van der Waals surface area contributed by atoms with Crippen LogP contribution in [-0.4, -0.2) is 30.4 Å².